The third-order valence-electron chi connectivity index (χ3n) is 4.65. The highest BCUT2D eigenvalue weighted by molar-refractivity contribution is 6.04. The molecule has 140 valence electrons. The van der Waals surface area contributed by atoms with Crippen molar-refractivity contribution in [2.45, 2.75) is 26.3 Å². The summed E-state index contributed by atoms with van der Waals surface area (Å²) in [6, 6.07) is 12.7. The zero-order valence-corrected chi connectivity index (χ0v) is 15.8. The van der Waals surface area contributed by atoms with E-state index in [1.54, 1.807) is 24.3 Å². The SMILES string of the molecule is Cc1cc(NC(=O)c2ccc(CN3C(=O)CCC3=O)cc2)ccc1N(C)C. The van der Waals surface area contributed by atoms with Crippen molar-refractivity contribution in [3.05, 3.63) is 59.2 Å². The van der Waals surface area contributed by atoms with Gasteiger partial charge in [-0.15, -0.1) is 0 Å². The highest BCUT2D eigenvalue weighted by Crippen LogP contribution is 2.22. The molecule has 0 bridgehead atoms. The fourth-order valence-electron chi connectivity index (χ4n) is 3.18. The van der Waals surface area contributed by atoms with Crippen LogP contribution in [0.4, 0.5) is 11.4 Å². The van der Waals surface area contributed by atoms with Gasteiger partial charge < -0.3 is 10.2 Å². The third kappa shape index (κ3) is 4.16. The van der Waals surface area contributed by atoms with Gasteiger partial charge in [0.2, 0.25) is 11.8 Å². The van der Waals surface area contributed by atoms with Gasteiger partial charge in [-0.05, 0) is 48.4 Å². The van der Waals surface area contributed by atoms with Crippen molar-refractivity contribution in [2.24, 2.45) is 0 Å². The van der Waals surface area contributed by atoms with Crippen LogP contribution in [0.2, 0.25) is 0 Å². The van der Waals surface area contributed by atoms with Gasteiger partial charge in [-0.1, -0.05) is 12.1 Å². The van der Waals surface area contributed by atoms with Crippen LogP contribution in [0.5, 0.6) is 0 Å². The lowest BCUT2D eigenvalue weighted by Gasteiger charge is -2.17. The monoisotopic (exact) mass is 365 g/mol. The van der Waals surface area contributed by atoms with Crippen LogP contribution in [0.25, 0.3) is 0 Å². The number of anilines is 2. The molecule has 1 aliphatic heterocycles. The Kier molecular flexibility index (Phi) is 5.26. The molecule has 0 saturated carbocycles. The van der Waals surface area contributed by atoms with E-state index in [-0.39, 0.29) is 37.1 Å². The first kappa shape index (κ1) is 18.6. The average Bonchev–Trinajstić information content (AvgIpc) is 2.94. The van der Waals surface area contributed by atoms with E-state index in [1.165, 1.54) is 4.90 Å². The van der Waals surface area contributed by atoms with Crippen molar-refractivity contribution >= 4 is 29.1 Å². The molecule has 0 aromatic heterocycles. The van der Waals surface area contributed by atoms with Gasteiger partial charge >= 0.3 is 0 Å². The summed E-state index contributed by atoms with van der Waals surface area (Å²) in [6.45, 7) is 2.26. The molecule has 0 radical (unpaired) electrons. The molecule has 3 rings (SSSR count). The molecule has 1 saturated heterocycles. The van der Waals surface area contributed by atoms with Crippen molar-refractivity contribution < 1.29 is 14.4 Å². The molecule has 1 heterocycles. The summed E-state index contributed by atoms with van der Waals surface area (Å²) in [6.07, 6.45) is 0.566. The quantitative estimate of drug-likeness (QED) is 0.827. The van der Waals surface area contributed by atoms with Gasteiger partial charge in [0.05, 0.1) is 6.54 Å². The molecular formula is C21H23N3O3. The van der Waals surface area contributed by atoms with Gasteiger partial charge in [0.15, 0.2) is 0 Å². The van der Waals surface area contributed by atoms with Crippen LogP contribution in [0, 0.1) is 6.92 Å². The van der Waals surface area contributed by atoms with Crippen LogP contribution in [-0.4, -0.2) is 36.7 Å². The second-order valence-electron chi connectivity index (χ2n) is 6.92. The molecular weight excluding hydrogens is 342 g/mol. The fourth-order valence-corrected chi connectivity index (χ4v) is 3.18. The Morgan fingerprint density at radius 3 is 2.22 bits per heavy atom. The van der Waals surface area contributed by atoms with Crippen molar-refractivity contribution in [2.75, 3.05) is 24.3 Å². The topological polar surface area (TPSA) is 69.7 Å². The smallest absolute Gasteiger partial charge is 0.255 e. The first-order valence-corrected chi connectivity index (χ1v) is 8.86. The summed E-state index contributed by atoms with van der Waals surface area (Å²) in [5.41, 5.74) is 4.25. The molecule has 2 aromatic carbocycles. The Hall–Kier alpha value is -3.15. The molecule has 27 heavy (non-hydrogen) atoms. The Morgan fingerprint density at radius 2 is 1.67 bits per heavy atom. The largest absolute Gasteiger partial charge is 0.377 e. The van der Waals surface area contributed by atoms with E-state index in [1.807, 2.05) is 44.1 Å². The number of nitrogens with one attached hydrogen (secondary N) is 1. The normalized spacial score (nSPS) is 13.8. The number of nitrogens with zero attached hydrogens (tertiary/aromatic N) is 2. The van der Waals surface area contributed by atoms with Crippen LogP contribution >= 0.6 is 0 Å². The maximum absolute atomic E-state index is 12.5. The fraction of sp³-hybridized carbons (Fsp3) is 0.286. The number of likely N-dealkylation sites (tertiary alicyclic amines) is 1. The van der Waals surface area contributed by atoms with Crippen LogP contribution in [0.15, 0.2) is 42.5 Å². The lowest BCUT2D eigenvalue weighted by molar-refractivity contribution is -0.139. The number of amides is 3. The predicted molar refractivity (Wildman–Crippen MR) is 105 cm³/mol. The standard InChI is InChI=1S/C21H23N3O3/c1-14-12-17(8-9-18(14)23(2)3)22-21(27)16-6-4-15(5-7-16)13-24-19(25)10-11-20(24)26/h4-9,12H,10-11,13H2,1-3H3,(H,22,27). The minimum absolute atomic E-state index is 0.140. The second kappa shape index (κ2) is 7.61. The minimum Gasteiger partial charge on any atom is -0.377 e. The maximum atomic E-state index is 12.5. The van der Waals surface area contributed by atoms with Gasteiger partial charge in [-0.25, -0.2) is 0 Å². The summed E-state index contributed by atoms with van der Waals surface area (Å²) >= 11 is 0. The third-order valence-corrected chi connectivity index (χ3v) is 4.65. The number of hydrogen-bond donors (Lipinski definition) is 1. The number of hydrogen-bond acceptors (Lipinski definition) is 4. The average molecular weight is 365 g/mol. The molecule has 0 spiro atoms. The molecule has 1 aliphatic rings. The van der Waals surface area contributed by atoms with E-state index in [2.05, 4.69) is 5.32 Å². The molecule has 3 amide bonds. The zero-order chi connectivity index (χ0) is 19.6. The first-order valence-electron chi connectivity index (χ1n) is 8.86. The summed E-state index contributed by atoms with van der Waals surface area (Å²) in [7, 11) is 3.96. The minimum atomic E-state index is -0.202. The maximum Gasteiger partial charge on any atom is 0.255 e. The van der Waals surface area contributed by atoms with Crippen molar-refractivity contribution in [1.29, 1.82) is 0 Å². The molecule has 2 aromatic rings. The lowest BCUT2D eigenvalue weighted by Crippen LogP contribution is -2.28. The Bertz CT molecular complexity index is 872. The number of carbonyl (C=O) groups is 3. The Morgan fingerprint density at radius 1 is 1.04 bits per heavy atom. The van der Waals surface area contributed by atoms with E-state index in [0.717, 1.165) is 22.5 Å². The van der Waals surface area contributed by atoms with Crippen LogP contribution in [0.3, 0.4) is 0 Å². The Balaban J connectivity index is 1.66. The van der Waals surface area contributed by atoms with Crippen LogP contribution in [0.1, 0.15) is 34.3 Å². The van der Waals surface area contributed by atoms with E-state index in [9.17, 15) is 14.4 Å². The van der Waals surface area contributed by atoms with Crippen molar-refractivity contribution in [1.82, 2.24) is 4.90 Å². The highest BCUT2D eigenvalue weighted by Gasteiger charge is 2.28. The van der Waals surface area contributed by atoms with E-state index in [0.29, 0.717) is 5.56 Å². The van der Waals surface area contributed by atoms with Gasteiger partial charge in [0, 0.05) is 43.9 Å². The highest BCUT2D eigenvalue weighted by atomic mass is 16.2. The van der Waals surface area contributed by atoms with Gasteiger partial charge in [-0.2, -0.15) is 0 Å². The summed E-state index contributed by atoms with van der Waals surface area (Å²) < 4.78 is 0. The van der Waals surface area contributed by atoms with Gasteiger partial charge in [0.1, 0.15) is 0 Å². The van der Waals surface area contributed by atoms with Crippen molar-refractivity contribution in [3.8, 4) is 0 Å². The molecule has 0 unspecified atom stereocenters. The number of imide groups is 1. The van der Waals surface area contributed by atoms with Crippen LogP contribution in [-0.2, 0) is 16.1 Å². The van der Waals surface area contributed by atoms with Crippen LogP contribution < -0.4 is 10.2 Å². The van der Waals surface area contributed by atoms with Crippen molar-refractivity contribution in [3.63, 3.8) is 0 Å². The van der Waals surface area contributed by atoms with Gasteiger partial charge in [-0.3, -0.25) is 19.3 Å². The van der Waals surface area contributed by atoms with E-state index < -0.39 is 0 Å². The Labute approximate surface area is 158 Å². The first-order chi connectivity index (χ1) is 12.8. The number of carbonyl (C=O) groups excluding carboxylic acids is 3. The number of benzene rings is 2. The molecule has 0 atom stereocenters. The summed E-state index contributed by atoms with van der Waals surface area (Å²) in [4.78, 5) is 39.2. The number of aryl methyl sites for hydroxylation is 1. The molecule has 1 N–H and O–H groups in total. The molecule has 0 aliphatic carbocycles. The zero-order valence-electron chi connectivity index (χ0n) is 15.8. The van der Waals surface area contributed by atoms with E-state index >= 15 is 0 Å². The molecule has 6 heteroatoms. The second-order valence-corrected chi connectivity index (χ2v) is 6.92. The van der Waals surface area contributed by atoms with Gasteiger partial charge in [0.25, 0.3) is 5.91 Å². The molecule has 1 fully saturated rings. The molecule has 6 nitrogen and oxygen atoms in total. The number of rotatable bonds is 5. The summed E-state index contributed by atoms with van der Waals surface area (Å²) in [5.74, 6) is -0.483. The predicted octanol–water partition coefficient (Wildman–Crippen LogP) is 2.96. The van der Waals surface area contributed by atoms with E-state index in [4.69, 9.17) is 0 Å². The summed E-state index contributed by atoms with van der Waals surface area (Å²) in [5, 5.41) is 2.90. The lowest BCUT2D eigenvalue weighted by atomic mass is 10.1.